The summed E-state index contributed by atoms with van der Waals surface area (Å²) in [7, 11) is 0. The first kappa shape index (κ1) is 7.94. The summed E-state index contributed by atoms with van der Waals surface area (Å²) in [4.78, 5) is 0. The summed E-state index contributed by atoms with van der Waals surface area (Å²) in [6, 6.07) is 0. The third kappa shape index (κ3) is 1.29. The van der Waals surface area contributed by atoms with Gasteiger partial charge in [0.25, 0.3) is 0 Å². The van der Waals surface area contributed by atoms with E-state index in [0.29, 0.717) is 0 Å². The van der Waals surface area contributed by atoms with Crippen molar-refractivity contribution in [1.82, 2.24) is 0 Å². The maximum Gasteiger partial charge on any atom is 0.181 e. The van der Waals surface area contributed by atoms with E-state index in [1.165, 1.54) is 0 Å². The first-order chi connectivity index (χ1) is 4.57. The van der Waals surface area contributed by atoms with Gasteiger partial charge < -0.3 is 20.1 Å². The number of hydrogen-bond acceptors (Lipinski definition) is 4. The van der Waals surface area contributed by atoms with E-state index in [9.17, 15) is 0 Å². The van der Waals surface area contributed by atoms with Crippen LogP contribution in [0.3, 0.4) is 0 Å². The molecule has 1 aliphatic rings. The topological polar surface area (TPSA) is 69.9 Å². The molecule has 3 atom stereocenters. The van der Waals surface area contributed by atoms with E-state index in [1.807, 2.05) is 0 Å². The van der Waals surface area contributed by atoms with E-state index in [-0.39, 0.29) is 13.0 Å². The Balaban J connectivity index is 2.55. The molecular formula is C6H12O4. The standard InChI is InChI=1S/C6H12O4/c1-6(3-7)2-4(8)5(9)10-6/h4-5,7-9H,2-3H2,1H3. The highest BCUT2D eigenvalue weighted by molar-refractivity contribution is 4.86. The molecule has 3 unspecified atom stereocenters. The molecule has 10 heavy (non-hydrogen) atoms. The fourth-order valence-electron chi connectivity index (χ4n) is 1.06. The molecule has 1 fully saturated rings. The molecule has 0 saturated carbocycles. The molecule has 1 rings (SSSR count). The van der Waals surface area contributed by atoms with Gasteiger partial charge in [-0.25, -0.2) is 0 Å². The largest absolute Gasteiger partial charge is 0.393 e. The zero-order chi connectivity index (χ0) is 7.78. The summed E-state index contributed by atoms with van der Waals surface area (Å²) < 4.78 is 4.87. The van der Waals surface area contributed by atoms with Gasteiger partial charge in [0.2, 0.25) is 0 Å². The van der Waals surface area contributed by atoms with Crippen LogP contribution in [0.15, 0.2) is 0 Å². The molecule has 0 radical (unpaired) electrons. The van der Waals surface area contributed by atoms with Crippen LogP contribution in [0.2, 0.25) is 0 Å². The van der Waals surface area contributed by atoms with E-state index in [2.05, 4.69) is 0 Å². The lowest BCUT2D eigenvalue weighted by atomic mass is 10.0. The number of ether oxygens (including phenoxy) is 1. The number of aliphatic hydroxyl groups excluding tert-OH is 3. The Morgan fingerprint density at radius 1 is 1.60 bits per heavy atom. The molecule has 4 heteroatoms. The van der Waals surface area contributed by atoms with Gasteiger partial charge in [0.1, 0.15) is 6.10 Å². The summed E-state index contributed by atoms with van der Waals surface area (Å²) in [6.45, 7) is 1.47. The molecule has 3 N–H and O–H groups in total. The van der Waals surface area contributed by atoms with Crippen molar-refractivity contribution in [2.24, 2.45) is 0 Å². The number of hydrogen-bond donors (Lipinski definition) is 3. The minimum Gasteiger partial charge on any atom is -0.393 e. The van der Waals surface area contributed by atoms with Gasteiger partial charge in [0, 0.05) is 6.42 Å². The van der Waals surface area contributed by atoms with Crippen molar-refractivity contribution in [2.45, 2.75) is 31.3 Å². The Labute approximate surface area is 59.1 Å². The average Bonchev–Trinajstić information content (AvgIpc) is 2.10. The minimum absolute atomic E-state index is 0.179. The Hall–Kier alpha value is -0.160. The first-order valence-electron chi connectivity index (χ1n) is 3.22. The zero-order valence-corrected chi connectivity index (χ0v) is 5.82. The molecule has 0 aromatic heterocycles. The highest BCUT2D eigenvalue weighted by atomic mass is 16.6. The van der Waals surface area contributed by atoms with Gasteiger partial charge in [-0.15, -0.1) is 0 Å². The van der Waals surface area contributed by atoms with Crippen LogP contribution in [0.4, 0.5) is 0 Å². The van der Waals surface area contributed by atoms with E-state index in [4.69, 9.17) is 20.1 Å². The molecule has 1 aliphatic heterocycles. The molecule has 0 aliphatic carbocycles. The van der Waals surface area contributed by atoms with Crippen molar-refractivity contribution in [1.29, 1.82) is 0 Å². The van der Waals surface area contributed by atoms with Crippen molar-refractivity contribution < 1.29 is 20.1 Å². The van der Waals surface area contributed by atoms with Gasteiger partial charge in [0.05, 0.1) is 12.2 Å². The maximum absolute atomic E-state index is 8.98. The summed E-state index contributed by atoms with van der Waals surface area (Å²) in [5, 5.41) is 26.6. The van der Waals surface area contributed by atoms with Crippen LogP contribution in [0.25, 0.3) is 0 Å². The average molecular weight is 148 g/mol. The van der Waals surface area contributed by atoms with Crippen LogP contribution in [-0.2, 0) is 4.74 Å². The lowest BCUT2D eigenvalue weighted by Gasteiger charge is -2.19. The van der Waals surface area contributed by atoms with Gasteiger partial charge in [-0.3, -0.25) is 0 Å². The van der Waals surface area contributed by atoms with Crippen LogP contribution >= 0.6 is 0 Å². The fraction of sp³-hybridized carbons (Fsp3) is 1.00. The molecule has 0 aromatic carbocycles. The Morgan fingerprint density at radius 3 is 2.40 bits per heavy atom. The van der Waals surface area contributed by atoms with E-state index in [1.54, 1.807) is 6.92 Å². The monoisotopic (exact) mass is 148 g/mol. The summed E-state index contributed by atoms with van der Waals surface area (Å²) >= 11 is 0. The second-order valence-electron chi connectivity index (χ2n) is 2.89. The van der Waals surface area contributed by atoms with Gasteiger partial charge in [-0.2, -0.15) is 0 Å². The second-order valence-corrected chi connectivity index (χ2v) is 2.89. The van der Waals surface area contributed by atoms with Crippen molar-refractivity contribution in [3.05, 3.63) is 0 Å². The fourth-order valence-corrected chi connectivity index (χ4v) is 1.06. The summed E-state index contributed by atoms with van der Waals surface area (Å²) in [5.41, 5.74) is -0.765. The first-order valence-corrected chi connectivity index (χ1v) is 3.22. The molecule has 60 valence electrons. The Kier molecular flexibility index (Phi) is 1.96. The SMILES string of the molecule is CC1(CO)CC(O)C(O)O1. The predicted octanol–water partition coefficient (Wildman–Crippen LogP) is -1.16. The zero-order valence-electron chi connectivity index (χ0n) is 5.82. The van der Waals surface area contributed by atoms with E-state index >= 15 is 0 Å². The molecule has 0 amide bonds. The van der Waals surface area contributed by atoms with Crippen molar-refractivity contribution in [3.63, 3.8) is 0 Å². The Bertz CT molecular complexity index is 115. The highest BCUT2D eigenvalue weighted by Gasteiger charge is 2.41. The van der Waals surface area contributed by atoms with Gasteiger partial charge in [-0.05, 0) is 6.92 Å². The highest BCUT2D eigenvalue weighted by Crippen LogP contribution is 2.28. The number of rotatable bonds is 1. The van der Waals surface area contributed by atoms with Gasteiger partial charge in [0.15, 0.2) is 6.29 Å². The predicted molar refractivity (Wildman–Crippen MR) is 33.2 cm³/mol. The van der Waals surface area contributed by atoms with Gasteiger partial charge in [-0.1, -0.05) is 0 Å². The van der Waals surface area contributed by atoms with Gasteiger partial charge >= 0.3 is 0 Å². The van der Waals surface area contributed by atoms with Crippen LogP contribution < -0.4 is 0 Å². The molecule has 1 heterocycles. The normalized spacial score (nSPS) is 48.0. The van der Waals surface area contributed by atoms with E-state index < -0.39 is 18.0 Å². The van der Waals surface area contributed by atoms with Crippen molar-refractivity contribution in [2.75, 3.05) is 6.61 Å². The Morgan fingerprint density at radius 2 is 2.20 bits per heavy atom. The van der Waals surface area contributed by atoms with Crippen LogP contribution in [0, 0.1) is 0 Å². The second kappa shape index (κ2) is 2.47. The third-order valence-electron chi connectivity index (χ3n) is 1.71. The molecule has 0 spiro atoms. The van der Waals surface area contributed by atoms with Crippen LogP contribution in [-0.4, -0.2) is 39.9 Å². The molecule has 4 nitrogen and oxygen atoms in total. The molecular weight excluding hydrogens is 136 g/mol. The molecule has 1 saturated heterocycles. The smallest absolute Gasteiger partial charge is 0.181 e. The maximum atomic E-state index is 8.98. The van der Waals surface area contributed by atoms with Crippen molar-refractivity contribution >= 4 is 0 Å². The molecule has 0 aromatic rings. The number of aliphatic hydroxyl groups is 3. The van der Waals surface area contributed by atoms with Crippen LogP contribution in [0.5, 0.6) is 0 Å². The lowest BCUT2D eigenvalue weighted by Crippen LogP contribution is -2.29. The lowest BCUT2D eigenvalue weighted by molar-refractivity contribution is -0.163. The minimum atomic E-state index is -1.14. The summed E-state index contributed by atoms with van der Waals surface area (Å²) in [5.74, 6) is 0. The van der Waals surface area contributed by atoms with Crippen molar-refractivity contribution in [3.8, 4) is 0 Å². The third-order valence-corrected chi connectivity index (χ3v) is 1.71. The summed E-state index contributed by atoms with van der Waals surface area (Å²) in [6.07, 6.45) is -1.72. The molecule has 0 bridgehead atoms. The van der Waals surface area contributed by atoms with E-state index in [0.717, 1.165) is 0 Å². The quantitative estimate of drug-likeness (QED) is 0.438. The van der Waals surface area contributed by atoms with Crippen LogP contribution in [0.1, 0.15) is 13.3 Å².